The van der Waals surface area contributed by atoms with Gasteiger partial charge < -0.3 is 14.6 Å². The van der Waals surface area contributed by atoms with E-state index in [9.17, 15) is 14.7 Å². The lowest BCUT2D eigenvalue weighted by molar-refractivity contribution is -0.156. The summed E-state index contributed by atoms with van der Waals surface area (Å²) in [4.78, 5) is 23.6. The van der Waals surface area contributed by atoms with Crippen molar-refractivity contribution >= 4 is 11.8 Å². The third-order valence-electron chi connectivity index (χ3n) is 3.57. The molecular formula is C19H20O5. The average Bonchev–Trinajstić information content (AvgIpc) is 2.64. The van der Waals surface area contributed by atoms with E-state index in [-0.39, 0.29) is 18.8 Å². The Bertz CT molecular complexity index is 664. The Morgan fingerprint density at radius 1 is 1.04 bits per heavy atom. The average molecular weight is 328 g/mol. The number of benzene rings is 2. The fraction of sp³-hybridized carbons (Fsp3) is 0.263. The van der Waals surface area contributed by atoms with Gasteiger partial charge in [0.25, 0.3) is 0 Å². The summed E-state index contributed by atoms with van der Waals surface area (Å²) < 4.78 is 9.90. The van der Waals surface area contributed by atoms with Crippen LogP contribution in [0, 0.1) is 0 Å². The quantitative estimate of drug-likeness (QED) is 0.754. The molecule has 0 aromatic heterocycles. The van der Waals surface area contributed by atoms with Crippen LogP contribution >= 0.6 is 0 Å². The molecule has 0 saturated carbocycles. The van der Waals surface area contributed by atoms with Crippen molar-refractivity contribution < 1.29 is 24.2 Å². The summed E-state index contributed by atoms with van der Waals surface area (Å²) in [6, 6.07) is 16.0. The minimum Gasteiger partial charge on any atom is -0.497 e. The van der Waals surface area contributed by atoms with Gasteiger partial charge in [-0.3, -0.25) is 4.79 Å². The second-order valence-corrected chi connectivity index (χ2v) is 5.31. The van der Waals surface area contributed by atoms with Gasteiger partial charge in [0.2, 0.25) is 0 Å². The van der Waals surface area contributed by atoms with Gasteiger partial charge in [-0.15, -0.1) is 0 Å². The molecule has 0 amide bonds. The molecule has 1 unspecified atom stereocenters. The summed E-state index contributed by atoms with van der Waals surface area (Å²) in [7, 11) is 1.53. The van der Waals surface area contributed by atoms with Gasteiger partial charge >= 0.3 is 5.97 Å². The monoisotopic (exact) mass is 328 g/mol. The number of aliphatic hydroxyl groups is 1. The van der Waals surface area contributed by atoms with Crippen molar-refractivity contribution in [2.45, 2.75) is 18.9 Å². The summed E-state index contributed by atoms with van der Waals surface area (Å²) >= 11 is 0. The number of aryl methyl sites for hydroxylation is 1. The molecule has 5 nitrogen and oxygen atoms in total. The second-order valence-electron chi connectivity index (χ2n) is 5.31. The predicted molar refractivity (Wildman–Crippen MR) is 88.7 cm³/mol. The number of aliphatic hydroxyl groups excluding tert-OH is 1. The smallest absolute Gasteiger partial charge is 0.340 e. The first-order valence-electron chi connectivity index (χ1n) is 7.64. The molecule has 24 heavy (non-hydrogen) atoms. The van der Waals surface area contributed by atoms with Gasteiger partial charge in [-0.25, -0.2) is 4.79 Å². The highest BCUT2D eigenvalue weighted by atomic mass is 16.5. The first kappa shape index (κ1) is 17.7. The largest absolute Gasteiger partial charge is 0.497 e. The molecule has 0 aliphatic rings. The minimum absolute atomic E-state index is 0.186. The zero-order valence-corrected chi connectivity index (χ0v) is 13.5. The highest BCUT2D eigenvalue weighted by Crippen LogP contribution is 2.18. The maximum Gasteiger partial charge on any atom is 0.340 e. The lowest BCUT2D eigenvalue weighted by Gasteiger charge is -2.11. The topological polar surface area (TPSA) is 72.8 Å². The van der Waals surface area contributed by atoms with Crippen LogP contribution in [0.15, 0.2) is 54.6 Å². The van der Waals surface area contributed by atoms with Crippen molar-refractivity contribution in [2.75, 3.05) is 13.7 Å². The Morgan fingerprint density at radius 3 is 2.33 bits per heavy atom. The Labute approximate surface area is 140 Å². The van der Waals surface area contributed by atoms with Crippen LogP contribution in [0.1, 0.15) is 23.7 Å². The van der Waals surface area contributed by atoms with Crippen LogP contribution in [-0.2, 0) is 20.7 Å². The molecular weight excluding hydrogens is 308 g/mol. The molecule has 0 heterocycles. The minimum atomic E-state index is -1.42. The van der Waals surface area contributed by atoms with E-state index in [4.69, 9.17) is 9.47 Å². The zero-order valence-electron chi connectivity index (χ0n) is 13.5. The fourth-order valence-corrected chi connectivity index (χ4v) is 2.15. The molecule has 0 bridgehead atoms. The number of esters is 1. The van der Waals surface area contributed by atoms with Crippen molar-refractivity contribution in [1.82, 2.24) is 0 Å². The van der Waals surface area contributed by atoms with Crippen LogP contribution in [0.4, 0.5) is 0 Å². The number of Topliss-reactive ketones (excluding diaryl/α,β-unsaturated/α-hetero) is 1. The van der Waals surface area contributed by atoms with Crippen LogP contribution in [0.5, 0.6) is 5.75 Å². The SMILES string of the molecule is COc1ccc(C(O)C(=O)OCC(=O)CCc2ccccc2)cc1. The maximum absolute atomic E-state index is 11.8. The van der Waals surface area contributed by atoms with Crippen LogP contribution < -0.4 is 4.74 Å². The predicted octanol–water partition coefficient (Wildman–Crippen LogP) is 2.47. The molecule has 0 radical (unpaired) electrons. The summed E-state index contributed by atoms with van der Waals surface area (Å²) in [6.45, 7) is -0.334. The zero-order chi connectivity index (χ0) is 17.4. The Kier molecular flexibility index (Phi) is 6.51. The van der Waals surface area contributed by atoms with E-state index in [1.807, 2.05) is 30.3 Å². The molecule has 0 saturated heterocycles. The third-order valence-corrected chi connectivity index (χ3v) is 3.57. The van der Waals surface area contributed by atoms with Gasteiger partial charge in [0, 0.05) is 6.42 Å². The Morgan fingerprint density at radius 2 is 1.71 bits per heavy atom. The van der Waals surface area contributed by atoms with Gasteiger partial charge in [-0.1, -0.05) is 42.5 Å². The standard InChI is InChI=1S/C19H20O5/c1-23-17-11-8-15(9-12-17)18(21)19(22)24-13-16(20)10-7-14-5-3-2-4-6-14/h2-6,8-9,11-12,18,21H,7,10,13H2,1H3. The van der Waals surface area contributed by atoms with E-state index in [1.54, 1.807) is 24.3 Å². The van der Waals surface area contributed by atoms with Gasteiger partial charge in [0.1, 0.15) is 12.4 Å². The molecule has 2 aromatic rings. The van der Waals surface area contributed by atoms with Crippen LogP contribution in [0.25, 0.3) is 0 Å². The summed E-state index contributed by atoms with van der Waals surface area (Å²) in [6.07, 6.45) is -0.536. The molecule has 1 atom stereocenters. The number of carbonyl (C=O) groups is 2. The lowest BCUT2D eigenvalue weighted by atomic mass is 10.1. The van der Waals surface area contributed by atoms with Gasteiger partial charge in [-0.2, -0.15) is 0 Å². The van der Waals surface area contributed by atoms with Crippen molar-refractivity contribution in [3.05, 3.63) is 65.7 Å². The summed E-state index contributed by atoms with van der Waals surface area (Å²) in [5, 5.41) is 9.95. The van der Waals surface area contributed by atoms with Gasteiger partial charge in [0.15, 0.2) is 11.9 Å². The fourth-order valence-electron chi connectivity index (χ4n) is 2.15. The van der Waals surface area contributed by atoms with E-state index < -0.39 is 12.1 Å². The Balaban J connectivity index is 1.77. The molecule has 1 N–H and O–H groups in total. The van der Waals surface area contributed by atoms with E-state index in [2.05, 4.69) is 0 Å². The number of hydrogen-bond acceptors (Lipinski definition) is 5. The van der Waals surface area contributed by atoms with Gasteiger partial charge in [0.05, 0.1) is 7.11 Å². The number of carbonyl (C=O) groups excluding carboxylic acids is 2. The van der Waals surface area contributed by atoms with Crippen molar-refractivity contribution in [3.63, 3.8) is 0 Å². The molecule has 2 rings (SSSR count). The highest BCUT2D eigenvalue weighted by molar-refractivity contribution is 5.84. The van der Waals surface area contributed by atoms with Crippen molar-refractivity contribution in [1.29, 1.82) is 0 Å². The molecule has 5 heteroatoms. The van der Waals surface area contributed by atoms with Crippen LogP contribution in [-0.4, -0.2) is 30.6 Å². The molecule has 0 fully saturated rings. The molecule has 0 spiro atoms. The van der Waals surface area contributed by atoms with E-state index >= 15 is 0 Å². The van der Waals surface area contributed by atoms with Crippen LogP contribution in [0.2, 0.25) is 0 Å². The first-order chi connectivity index (χ1) is 11.6. The second kappa shape index (κ2) is 8.84. The third kappa shape index (κ3) is 5.21. The van der Waals surface area contributed by atoms with E-state index in [0.29, 0.717) is 17.7 Å². The highest BCUT2D eigenvalue weighted by Gasteiger charge is 2.20. The Hall–Kier alpha value is -2.66. The van der Waals surface area contributed by atoms with Crippen molar-refractivity contribution in [3.8, 4) is 5.75 Å². The molecule has 0 aliphatic carbocycles. The lowest BCUT2D eigenvalue weighted by Crippen LogP contribution is -2.20. The molecule has 0 aliphatic heterocycles. The number of rotatable bonds is 8. The number of hydrogen-bond donors (Lipinski definition) is 1. The molecule has 126 valence electrons. The van der Waals surface area contributed by atoms with Crippen LogP contribution in [0.3, 0.4) is 0 Å². The number of ketones is 1. The van der Waals surface area contributed by atoms with Crippen molar-refractivity contribution in [2.24, 2.45) is 0 Å². The van der Waals surface area contributed by atoms with Gasteiger partial charge in [-0.05, 0) is 29.7 Å². The normalized spacial score (nSPS) is 11.6. The summed E-state index contributed by atoms with van der Waals surface area (Å²) in [5.41, 5.74) is 1.44. The molecule has 2 aromatic carbocycles. The summed E-state index contributed by atoms with van der Waals surface area (Å²) in [5.74, 6) is -0.405. The first-order valence-corrected chi connectivity index (χ1v) is 7.64. The maximum atomic E-state index is 11.8. The van der Waals surface area contributed by atoms with E-state index in [1.165, 1.54) is 7.11 Å². The van der Waals surface area contributed by atoms with E-state index in [0.717, 1.165) is 5.56 Å². The number of ether oxygens (including phenoxy) is 2. The number of methoxy groups -OCH3 is 1.